The van der Waals surface area contributed by atoms with Gasteiger partial charge in [0, 0.05) is 11.3 Å². The fourth-order valence-corrected chi connectivity index (χ4v) is 3.73. The van der Waals surface area contributed by atoms with Crippen molar-refractivity contribution in [3.05, 3.63) is 83.7 Å². The first-order valence-corrected chi connectivity index (χ1v) is 8.96. The van der Waals surface area contributed by atoms with Crippen molar-refractivity contribution in [3.8, 4) is 10.6 Å². The summed E-state index contributed by atoms with van der Waals surface area (Å²) < 4.78 is 14.9. The number of benzene rings is 3. The summed E-state index contributed by atoms with van der Waals surface area (Å²) in [6.07, 6.45) is 0. The largest absolute Gasteiger partial charge is 0.322 e. The molecule has 0 spiro atoms. The standard InChI is InChI=1S/C21H15FN2OS/c1-13-12-14(21-24-18-8-4-5-9-19(18)26-21)10-11-17(13)23-20(25)15-6-2-3-7-16(15)22/h2-12H,1H3,(H,23,25). The number of rotatable bonds is 3. The number of aromatic nitrogens is 1. The minimum Gasteiger partial charge on any atom is -0.322 e. The lowest BCUT2D eigenvalue weighted by Crippen LogP contribution is -2.14. The summed E-state index contributed by atoms with van der Waals surface area (Å²) in [6, 6.07) is 19.7. The average Bonchev–Trinajstić information content (AvgIpc) is 3.08. The Labute approximate surface area is 154 Å². The van der Waals surface area contributed by atoms with E-state index in [0.717, 1.165) is 26.4 Å². The number of amides is 1. The Morgan fingerprint density at radius 3 is 2.58 bits per heavy atom. The molecule has 0 fully saturated rings. The van der Waals surface area contributed by atoms with Gasteiger partial charge in [-0.2, -0.15) is 0 Å². The summed E-state index contributed by atoms with van der Waals surface area (Å²) in [6.45, 7) is 1.91. The number of para-hydroxylation sites is 1. The average molecular weight is 362 g/mol. The first kappa shape index (κ1) is 16.4. The number of halogens is 1. The van der Waals surface area contributed by atoms with E-state index >= 15 is 0 Å². The molecule has 0 saturated heterocycles. The fraction of sp³-hybridized carbons (Fsp3) is 0.0476. The third-order valence-electron chi connectivity index (χ3n) is 4.13. The van der Waals surface area contributed by atoms with Gasteiger partial charge in [-0.15, -0.1) is 11.3 Å². The van der Waals surface area contributed by atoms with Gasteiger partial charge in [0.25, 0.3) is 5.91 Å². The maximum atomic E-state index is 13.8. The number of aryl methyl sites for hydroxylation is 1. The molecule has 0 atom stereocenters. The van der Waals surface area contributed by atoms with E-state index in [1.54, 1.807) is 23.5 Å². The van der Waals surface area contributed by atoms with E-state index in [-0.39, 0.29) is 5.56 Å². The first-order valence-electron chi connectivity index (χ1n) is 8.14. The molecule has 4 rings (SSSR count). The second kappa shape index (κ2) is 6.69. The van der Waals surface area contributed by atoms with Gasteiger partial charge in [0.1, 0.15) is 10.8 Å². The van der Waals surface area contributed by atoms with Crippen LogP contribution in [0.4, 0.5) is 10.1 Å². The van der Waals surface area contributed by atoms with Crippen molar-refractivity contribution in [1.82, 2.24) is 4.98 Å². The van der Waals surface area contributed by atoms with E-state index < -0.39 is 11.7 Å². The Morgan fingerprint density at radius 2 is 1.81 bits per heavy atom. The van der Waals surface area contributed by atoms with Crippen molar-refractivity contribution in [3.63, 3.8) is 0 Å². The van der Waals surface area contributed by atoms with Crippen LogP contribution in [-0.4, -0.2) is 10.9 Å². The van der Waals surface area contributed by atoms with Gasteiger partial charge in [0.15, 0.2) is 0 Å². The van der Waals surface area contributed by atoms with Crippen LogP contribution in [0.25, 0.3) is 20.8 Å². The molecule has 26 heavy (non-hydrogen) atoms. The second-order valence-electron chi connectivity index (χ2n) is 5.95. The molecule has 1 aromatic heterocycles. The van der Waals surface area contributed by atoms with Crippen LogP contribution in [0.3, 0.4) is 0 Å². The maximum absolute atomic E-state index is 13.8. The third-order valence-corrected chi connectivity index (χ3v) is 5.22. The Kier molecular flexibility index (Phi) is 4.22. The molecule has 5 heteroatoms. The van der Waals surface area contributed by atoms with Gasteiger partial charge >= 0.3 is 0 Å². The van der Waals surface area contributed by atoms with Crippen LogP contribution in [0.5, 0.6) is 0 Å². The lowest BCUT2D eigenvalue weighted by molar-refractivity contribution is 0.102. The fourth-order valence-electron chi connectivity index (χ4n) is 2.77. The molecule has 0 aliphatic rings. The molecular formula is C21H15FN2OS. The first-order chi connectivity index (χ1) is 12.6. The lowest BCUT2D eigenvalue weighted by atomic mass is 10.1. The molecule has 128 valence electrons. The van der Waals surface area contributed by atoms with Crippen LogP contribution in [0.1, 0.15) is 15.9 Å². The van der Waals surface area contributed by atoms with Crippen LogP contribution < -0.4 is 5.32 Å². The highest BCUT2D eigenvalue weighted by Crippen LogP contribution is 2.32. The summed E-state index contributed by atoms with van der Waals surface area (Å²) in [5.41, 5.74) is 3.55. The van der Waals surface area contributed by atoms with E-state index in [9.17, 15) is 9.18 Å². The van der Waals surface area contributed by atoms with Gasteiger partial charge in [0.2, 0.25) is 0 Å². The lowest BCUT2D eigenvalue weighted by Gasteiger charge is -2.10. The van der Waals surface area contributed by atoms with Crippen molar-refractivity contribution in [2.45, 2.75) is 6.92 Å². The minimum atomic E-state index is -0.534. The minimum absolute atomic E-state index is 0.0298. The van der Waals surface area contributed by atoms with Gasteiger partial charge in [-0.25, -0.2) is 9.37 Å². The van der Waals surface area contributed by atoms with Crippen LogP contribution in [-0.2, 0) is 0 Å². The normalized spacial score (nSPS) is 10.8. The summed E-state index contributed by atoms with van der Waals surface area (Å²) in [7, 11) is 0. The summed E-state index contributed by atoms with van der Waals surface area (Å²) >= 11 is 1.63. The van der Waals surface area contributed by atoms with Gasteiger partial charge in [-0.05, 0) is 55.0 Å². The van der Waals surface area contributed by atoms with Crippen molar-refractivity contribution < 1.29 is 9.18 Å². The Balaban J connectivity index is 1.62. The van der Waals surface area contributed by atoms with Gasteiger partial charge in [-0.1, -0.05) is 24.3 Å². The predicted octanol–water partition coefficient (Wildman–Crippen LogP) is 5.66. The zero-order valence-corrected chi connectivity index (χ0v) is 14.8. The number of hydrogen-bond donors (Lipinski definition) is 1. The second-order valence-corrected chi connectivity index (χ2v) is 6.98. The summed E-state index contributed by atoms with van der Waals surface area (Å²) in [4.78, 5) is 17.0. The molecular weight excluding hydrogens is 347 g/mol. The van der Waals surface area contributed by atoms with Crippen molar-refractivity contribution >= 4 is 33.1 Å². The summed E-state index contributed by atoms with van der Waals surface area (Å²) in [5, 5.41) is 3.71. The Morgan fingerprint density at radius 1 is 1.04 bits per heavy atom. The molecule has 1 amide bonds. The Hall–Kier alpha value is -3.05. The van der Waals surface area contributed by atoms with Crippen LogP contribution >= 0.6 is 11.3 Å². The molecule has 3 aromatic carbocycles. The molecule has 1 heterocycles. The highest BCUT2D eigenvalue weighted by molar-refractivity contribution is 7.21. The van der Waals surface area contributed by atoms with E-state index in [1.165, 1.54) is 12.1 Å². The number of carbonyl (C=O) groups is 1. The number of hydrogen-bond acceptors (Lipinski definition) is 3. The van der Waals surface area contributed by atoms with Gasteiger partial charge in [-0.3, -0.25) is 4.79 Å². The quantitative estimate of drug-likeness (QED) is 0.511. The zero-order valence-electron chi connectivity index (χ0n) is 14.0. The number of thiazole rings is 1. The summed E-state index contributed by atoms with van der Waals surface area (Å²) in [5.74, 6) is -0.993. The van der Waals surface area contributed by atoms with Gasteiger partial charge in [0.05, 0.1) is 15.8 Å². The van der Waals surface area contributed by atoms with Crippen LogP contribution in [0.2, 0.25) is 0 Å². The van der Waals surface area contributed by atoms with E-state index in [0.29, 0.717) is 5.69 Å². The topological polar surface area (TPSA) is 42.0 Å². The highest BCUT2D eigenvalue weighted by atomic mass is 32.1. The van der Waals surface area contributed by atoms with Crippen LogP contribution in [0.15, 0.2) is 66.7 Å². The van der Waals surface area contributed by atoms with E-state index in [4.69, 9.17) is 0 Å². The Bertz CT molecular complexity index is 1090. The van der Waals surface area contributed by atoms with Crippen LogP contribution in [0, 0.1) is 12.7 Å². The number of nitrogens with zero attached hydrogens (tertiary/aromatic N) is 1. The number of nitrogens with one attached hydrogen (secondary N) is 1. The highest BCUT2D eigenvalue weighted by Gasteiger charge is 2.13. The zero-order chi connectivity index (χ0) is 18.1. The monoisotopic (exact) mass is 362 g/mol. The third kappa shape index (κ3) is 3.09. The smallest absolute Gasteiger partial charge is 0.258 e. The van der Waals surface area contributed by atoms with Crippen molar-refractivity contribution in [1.29, 1.82) is 0 Å². The number of fused-ring (bicyclic) bond motifs is 1. The molecule has 0 bridgehead atoms. The molecule has 0 radical (unpaired) electrons. The molecule has 3 nitrogen and oxygen atoms in total. The van der Waals surface area contributed by atoms with E-state index in [2.05, 4.69) is 10.3 Å². The molecule has 0 unspecified atom stereocenters. The number of carbonyl (C=O) groups excluding carboxylic acids is 1. The molecule has 4 aromatic rings. The maximum Gasteiger partial charge on any atom is 0.258 e. The molecule has 0 aliphatic carbocycles. The molecule has 0 aliphatic heterocycles. The van der Waals surface area contributed by atoms with Gasteiger partial charge < -0.3 is 5.32 Å². The van der Waals surface area contributed by atoms with Crippen molar-refractivity contribution in [2.75, 3.05) is 5.32 Å². The van der Waals surface area contributed by atoms with E-state index in [1.807, 2.05) is 49.4 Å². The molecule has 1 N–H and O–H groups in total. The number of anilines is 1. The molecule has 0 saturated carbocycles. The van der Waals surface area contributed by atoms with Crippen molar-refractivity contribution in [2.24, 2.45) is 0 Å². The predicted molar refractivity (Wildman–Crippen MR) is 104 cm³/mol. The SMILES string of the molecule is Cc1cc(-c2nc3ccccc3s2)ccc1NC(=O)c1ccccc1F.